The first-order valence-corrected chi connectivity index (χ1v) is 13.4. The highest BCUT2D eigenvalue weighted by Crippen LogP contribution is 2.38. The molecule has 0 saturated carbocycles. The van der Waals surface area contributed by atoms with Gasteiger partial charge >= 0.3 is 0 Å². The summed E-state index contributed by atoms with van der Waals surface area (Å²) in [6, 6.07) is 16.2. The van der Waals surface area contributed by atoms with Gasteiger partial charge in [0.2, 0.25) is 0 Å². The van der Waals surface area contributed by atoms with Crippen LogP contribution in [-0.2, 0) is 22.8 Å². The fourth-order valence-corrected chi connectivity index (χ4v) is 7.49. The summed E-state index contributed by atoms with van der Waals surface area (Å²) in [6.45, 7) is 1.28. The number of benzene rings is 2. The Hall–Kier alpha value is -1.28. The maximum absolute atomic E-state index is 13.3. The van der Waals surface area contributed by atoms with E-state index < -0.39 is 9.92 Å². The van der Waals surface area contributed by atoms with Crippen LogP contribution in [0, 0.1) is 0 Å². The third-order valence-electron chi connectivity index (χ3n) is 5.29. The first-order valence-electron chi connectivity index (χ1n) is 9.90. The van der Waals surface area contributed by atoms with Crippen LogP contribution in [0.1, 0.15) is 17.5 Å². The minimum atomic E-state index is -2.76. The van der Waals surface area contributed by atoms with E-state index in [-0.39, 0.29) is 0 Å². The highest BCUT2D eigenvalue weighted by molar-refractivity contribution is 7.93. The van der Waals surface area contributed by atoms with E-state index in [1.165, 1.54) is 28.2 Å². The van der Waals surface area contributed by atoms with Gasteiger partial charge in [-0.25, -0.2) is 13.3 Å². The second-order valence-corrected chi connectivity index (χ2v) is 12.1. The lowest BCUT2D eigenvalue weighted by Crippen LogP contribution is -2.28. The number of nitrogens with zero attached hydrogens (tertiary/aromatic N) is 2. The zero-order valence-electron chi connectivity index (χ0n) is 16.9. The van der Waals surface area contributed by atoms with Gasteiger partial charge in [0, 0.05) is 36.5 Å². The van der Waals surface area contributed by atoms with Crippen LogP contribution in [0.4, 0.5) is 11.4 Å². The predicted octanol–water partition coefficient (Wildman–Crippen LogP) is 7.00. The largest absolute Gasteiger partial charge is 0.341 e. The third-order valence-corrected chi connectivity index (χ3v) is 9.89. The zero-order chi connectivity index (χ0) is 22.0. The highest BCUT2D eigenvalue weighted by Gasteiger charge is 2.21. The number of nitrogens with one attached hydrogen (secondary N) is 1. The number of rotatable bonds is 6. The summed E-state index contributed by atoms with van der Waals surface area (Å²) in [6.07, 6.45) is 2.72. The minimum Gasteiger partial charge on any atom is -0.341 e. The standard InChI is InChI=1S/C22H22Cl3N3OS2/c1-26-31(29,21-14-18(24)22(25)30-21)27-11-4-12-28-19-6-3-2-5-15(19)7-8-16-9-10-17(23)13-20(16)28/h2-3,5-6,9-10,13-14H,4,7-8,11-12H2,1H3,(H,26,27,29). The number of thiophene rings is 1. The Kier molecular flexibility index (Phi) is 7.16. The summed E-state index contributed by atoms with van der Waals surface area (Å²) < 4.78 is 21.4. The van der Waals surface area contributed by atoms with Gasteiger partial charge in [-0.05, 0) is 54.7 Å². The number of hydrogen-bond donors (Lipinski definition) is 1. The molecule has 1 aliphatic rings. The summed E-state index contributed by atoms with van der Waals surface area (Å²) in [5, 5.41) is 1.12. The molecule has 4 rings (SSSR count). The first kappa shape index (κ1) is 22.9. The van der Waals surface area contributed by atoms with Gasteiger partial charge in [-0.1, -0.05) is 59.1 Å². The molecule has 31 heavy (non-hydrogen) atoms. The topological polar surface area (TPSA) is 44.7 Å². The molecular weight excluding hydrogens is 493 g/mol. The van der Waals surface area contributed by atoms with E-state index in [2.05, 4.69) is 44.3 Å². The molecule has 9 heteroatoms. The van der Waals surface area contributed by atoms with Crippen LogP contribution >= 0.6 is 46.1 Å². The number of halogens is 3. The zero-order valence-corrected chi connectivity index (χ0v) is 20.8. The van der Waals surface area contributed by atoms with E-state index >= 15 is 0 Å². The molecule has 164 valence electrons. The molecule has 0 aliphatic carbocycles. The molecule has 0 spiro atoms. The molecule has 4 nitrogen and oxygen atoms in total. The Bertz CT molecular complexity index is 1200. The monoisotopic (exact) mass is 513 g/mol. The second kappa shape index (κ2) is 9.69. The molecule has 3 aromatic rings. The van der Waals surface area contributed by atoms with Crippen molar-refractivity contribution in [3.8, 4) is 0 Å². The van der Waals surface area contributed by atoms with Crippen LogP contribution in [0.3, 0.4) is 0 Å². The average Bonchev–Trinajstić information content (AvgIpc) is 3.03. The van der Waals surface area contributed by atoms with Gasteiger partial charge in [-0.3, -0.25) is 0 Å². The van der Waals surface area contributed by atoms with Gasteiger partial charge in [0.15, 0.2) is 0 Å². The summed E-state index contributed by atoms with van der Waals surface area (Å²) in [5.41, 5.74) is 4.93. The van der Waals surface area contributed by atoms with E-state index in [0.29, 0.717) is 20.1 Å². The molecule has 0 fully saturated rings. The molecule has 1 N–H and O–H groups in total. The highest BCUT2D eigenvalue weighted by atomic mass is 35.5. The Balaban J connectivity index is 1.53. The van der Waals surface area contributed by atoms with Crippen molar-refractivity contribution in [3.05, 3.63) is 74.0 Å². The van der Waals surface area contributed by atoms with Crippen LogP contribution in [0.15, 0.2) is 57.1 Å². The number of fused-ring (bicyclic) bond motifs is 2. The van der Waals surface area contributed by atoms with Crippen LogP contribution < -0.4 is 9.62 Å². The molecule has 1 aliphatic heterocycles. The van der Waals surface area contributed by atoms with Crippen molar-refractivity contribution in [3.63, 3.8) is 0 Å². The van der Waals surface area contributed by atoms with Gasteiger partial charge in [-0.15, -0.1) is 11.3 Å². The second-order valence-electron chi connectivity index (χ2n) is 7.20. The molecular formula is C22H22Cl3N3OS2. The van der Waals surface area contributed by atoms with Crippen LogP contribution in [0.5, 0.6) is 0 Å². The van der Waals surface area contributed by atoms with Crippen molar-refractivity contribution < 1.29 is 4.21 Å². The van der Waals surface area contributed by atoms with E-state index in [1.807, 2.05) is 12.1 Å². The van der Waals surface area contributed by atoms with Gasteiger partial charge in [0.25, 0.3) is 0 Å². The quantitative estimate of drug-likeness (QED) is 0.360. The molecule has 1 aromatic heterocycles. The number of hydrogen-bond acceptors (Lipinski definition) is 4. The normalized spacial score (nSPS) is 15.0. The van der Waals surface area contributed by atoms with Crippen molar-refractivity contribution in [1.29, 1.82) is 0 Å². The van der Waals surface area contributed by atoms with Crippen LogP contribution in [-0.4, -0.2) is 24.3 Å². The number of para-hydroxylation sites is 1. The first-order chi connectivity index (χ1) is 14.9. The smallest absolute Gasteiger partial charge is 0.146 e. The lowest BCUT2D eigenvalue weighted by atomic mass is 10.0. The van der Waals surface area contributed by atoms with Crippen LogP contribution in [0.2, 0.25) is 14.4 Å². The summed E-state index contributed by atoms with van der Waals surface area (Å²) in [5.74, 6) is 0. The predicted molar refractivity (Wildman–Crippen MR) is 134 cm³/mol. The molecule has 2 aromatic carbocycles. The Morgan fingerprint density at radius 2 is 1.81 bits per heavy atom. The fraction of sp³-hybridized carbons (Fsp3) is 0.273. The molecule has 0 saturated heterocycles. The van der Waals surface area contributed by atoms with Crippen molar-refractivity contribution >= 4 is 67.4 Å². The SMILES string of the molecule is CN=S(=O)(NCCCN1c2ccccc2CCc2ccc(Cl)cc21)c1cc(Cl)c(Cl)s1. The van der Waals surface area contributed by atoms with Gasteiger partial charge < -0.3 is 4.90 Å². The van der Waals surface area contributed by atoms with Crippen molar-refractivity contribution in [2.24, 2.45) is 4.36 Å². The van der Waals surface area contributed by atoms with Gasteiger partial charge in [0.1, 0.15) is 18.5 Å². The summed E-state index contributed by atoms with van der Waals surface area (Å²) in [4.78, 5) is 2.31. The van der Waals surface area contributed by atoms with Crippen molar-refractivity contribution in [2.45, 2.75) is 23.5 Å². The van der Waals surface area contributed by atoms with Crippen molar-refractivity contribution in [2.75, 3.05) is 25.0 Å². The van der Waals surface area contributed by atoms with Crippen LogP contribution in [0.25, 0.3) is 0 Å². The van der Waals surface area contributed by atoms with E-state index in [4.69, 9.17) is 34.8 Å². The average molecular weight is 515 g/mol. The maximum atomic E-state index is 13.3. The Morgan fingerprint density at radius 3 is 2.52 bits per heavy atom. The lowest BCUT2D eigenvalue weighted by Gasteiger charge is -2.27. The lowest BCUT2D eigenvalue weighted by molar-refractivity contribution is 0.660. The Labute approximate surface area is 202 Å². The number of aryl methyl sites for hydroxylation is 2. The van der Waals surface area contributed by atoms with Gasteiger partial charge in [0.05, 0.1) is 5.02 Å². The van der Waals surface area contributed by atoms with E-state index in [9.17, 15) is 4.21 Å². The Morgan fingerprint density at radius 1 is 1.06 bits per heavy atom. The molecule has 0 bridgehead atoms. The third kappa shape index (κ3) is 4.90. The molecule has 1 unspecified atom stereocenters. The summed E-state index contributed by atoms with van der Waals surface area (Å²) in [7, 11) is -1.22. The van der Waals surface area contributed by atoms with Crippen molar-refractivity contribution in [1.82, 2.24) is 4.72 Å². The van der Waals surface area contributed by atoms with Gasteiger partial charge in [-0.2, -0.15) is 0 Å². The van der Waals surface area contributed by atoms with E-state index in [0.717, 1.165) is 36.5 Å². The molecule has 0 radical (unpaired) electrons. The fourth-order valence-electron chi connectivity index (χ4n) is 3.76. The maximum Gasteiger partial charge on any atom is 0.146 e. The number of anilines is 2. The molecule has 2 heterocycles. The molecule has 1 atom stereocenters. The summed E-state index contributed by atoms with van der Waals surface area (Å²) >= 11 is 19.6. The van der Waals surface area contributed by atoms with E-state index in [1.54, 1.807) is 13.1 Å². The molecule has 0 amide bonds. The minimum absolute atomic E-state index is 0.398.